The number of aryl methyl sites for hydroxylation is 2. The quantitative estimate of drug-likeness (QED) is 0.176. The van der Waals surface area contributed by atoms with Crippen LogP contribution in [-0.2, 0) is 11.2 Å². The second-order valence-corrected chi connectivity index (χ2v) is 12.0. The van der Waals surface area contributed by atoms with Crippen LogP contribution < -0.4 is 0 Å². The smallest absolute Gasteiger partial charge is 0.139 e. The van der Waals surface area contributed by atoms with Crippen molar-refractivity contribution in [3.05, 3.63) is 154 Å². The second kappa shape index (κ2) is 13.5. The number of pyridine rings is 2. The van der Waals surface area contributed by atoms with Gasteiger partial charge >= 0.3 is 0 Å². The second-order valence-electron chi connectivity index (χ2n) is 11.3. The first kappa shape index (κ1) is 31.4. The van der Waals surface area contributed by atoms with E-state index in [1.54, 1.807) is 28.9 Å². The van der Waals surface area contributed by atoms with Crippen molar-refractivity contribution in [3.8, 4) is 11.4 Å². The van der Waals surface area contributed by atoms with Gasteiger partial charge in [0.15, 0.2) is 0 Å². The van der Waals surface area contributed by atoms with Crippen molar-refractivity contribution in [1.29, 1.82) is 0 Å². The third kappa shape index (κ3) is 5.88. The highest BCUT2D eigenvalue weighted by atomic mass is 35.5. The summed E-state index contributed by atoms with van der Waals surface area (Å²) in [5.41, 5.74) is 9.43. The monoisotopic (exact) mass is 674 g/mol. The predicted octanol–water partition coefficient (Wildman–Crippen LogP) is 8.75. The molecule has 48 heavy (non-hydrogen) atoms. The Hall–Kier alpha value is -5.22. The highest BCUT2D eigenvalue weighted by Crippen LogP contribution is 2.37. The average molecular weight is 676 g/mol. The van der Waals surface area contributed by atoms with Gasteiger partial charge < -0.3 is 14.7 Å². The van der Waals surface area contributed by atoms with E-state index >= 15 is 0 Å². The lowest BCUT2D eigenvalue weighted by atomic mass is 10.0. The third-order valence-corrected chi connectivity index (χ3v) is 9.09. The Morgan fingerprint density at radius 2 is 1.25 bits per heavy atom. The van der Waals surface area contributed by atoms with E-state index in [4.69, 9.17) is 27.9 Å². The molecule has 0 radical (unpaired) electrons. The summed E-state index contributed by atoms with van der Waals surface area (Å²) in [6.07, 6.45) is 7.85. The van der Waals surface area contributed by atoms with Crippen molar-refractivity contribution >= 4 is 45.3 Å². The SMILES string of the molecule is COC(c1c(C)nn(-c2ccccc2)c1Cl)c1c[nH]c2ncccc12.Cc1nn(-c2ccccc2)c(Cl)c1Cc1c[nH]c2ncccc12. The summed E-state index contributed by atoms with van der Waals surface area (Å²) in [4.78, 5) is 15.1. The molecule has 0 fully saturated rings. The van der Waals surface area contributed by atoms with Gasteiger partial charge in [-0.1, -0.05) is 59.6 Å². The minimum absolute atomic E-state index is 0.331. The number of benzene rings is 2. The van der Waals surface area contributed by atoms with Crippen LogP contribution in [0, 0.1) is 13.8 Å². The van der Waals surface area contributed by atoms with Gasteiger partial charge in [0.1, 0.15) is 27.7 Å². The van der Waals surface area contributed by atoms with Gasteiger partial charge in [-0.15, -0.1) is 0 Å². The van der Waals surface area contributed by atoms with E-state index in [0.717, 1.165) is 67.9 Å². The van der Waals surface area contributed by atoms with Crippen LogP contribution in [0.2, 0.25) is 10.3 Å². The third-order valence-electron chi connectivity index (χ3n) is 8.34. The van der Waals surface area contributed by atoms with Crippen LogP contribution in [0.5, 0.6) is 0 Å². The number of nitrogens with zero attached hydrogens (tertiary/aromatic N) is 6. The van der Waals surface area contributed by atoms with E-state index in [-0.39, 0.29) is 6.10 Å². The van der Waals surface area contributed by atoms with Crippen LogP contribution in [0.15, 0.2) is 110 Å². The molecular formula is C37H32Cl2N8O. The number of rotatable bonds is 7. The summed E-state index contributed by atoms with van der Waals surface area (Å²) in [7, 11) is 1.68. The number of aromatic amines is 2. The summed E-state index contributed by atoms with van der Waals surface area (Å²) in [5.74, 6) is 0. The highest BCUT2D eigenvalue weighted by molar-refractivity contribution is 6.31. The summed E-state index contributed by atoms with van der Waals surface area (Å²) >= 11 is 13.3. The van der Waals surface area contributed by atoms with Crippen LogP contribution in [0.1, 0.15) is 39.7 Å². The number of methoxy groups -OCH3 is 1. The fourth-order valence-electron chi connectivity index (χ4n) is 5.97. The molecule has 2 aromatic carbocycles. The van der Waals surface area contributed by atoms with Gasteiger partial charge in [0.05, 0.1) is 22.8 Å². The predicted molar refractivity (Wildman–Crippen MR) is 190 cm³/mol. The molecule has 0 aliphatic heterocycles. The Balaban J connectivity index is 0.000000152. The molecule has 0 bridgehead atoms. The first-order valence-electron chi connectivity index (χ1n) is 15.4. The molecule has 0 saturated carbocycles. The van der Waals surface area contributed by atoms with Gasteiger partial charge in [-0.05, 0) is 67.9 Å². The average Bonchev–Trinajstić information content (AvgIpc) is 3.88. The van der Waals surface area contributed by atoms with Crippen molar-refractivity contribution < 1.29 is 4.74 Å². The lowest BCUT2D eigenvalue weighted by Crippen LogP contribution is -2.05. The Kier molecular flexibility index (Phi) is 8.82. The van der Waals surface area contributed by atoms with E-state index in [1.807, 2.05) is 105 Å². The molecule has 8 rings (SSSR count). The topological polar surface area (TPSA) is 102 Å². The lowest BCUT2D eigenvalue weighted by Gasteiger charge is -2.15. The molecule has 0 saturated heterocycles. The van der Waals surface area contributed by atoms with E-state index in [2.05, 4.69) is 36.2 Å². The molecule has 1 unspecified atom stereocenters. The summed E-state index contributed by atoms with van der Waals surface area (Å²) in [5, 5.41) is 12.6. The Labute approximate surface area is 287 Å². The van der Waals surface area contributed by atoms with E-state index in [0.29, 0.717) is 10.3 Å². The Morgan fingerprint density at radius 3 is 1.90 bits per heavy atom. The van der Waals surface area contributed by atoms with Crippen molar-refractivity contribution in [1.82, 2.24) is 39.5 Å². The van der Waals surface area contributed by atoms with Crippen LogP contribution in [0.25, 0.3) is 33.4 Å². The normalized spacial score (nSPS) is 11.9. The van der Waals surface area contributed by atoms with Crippen LogP contribution in [0.3, 0.4) is 0 Å². The molecular weight excluding hydrogens is 643 g/mol. The first-order valence-corrected chi connectivity index (χ1v) is 16.2. The highest BCUT2D eigenvalue weighted by Gasteiger charge is 2.26. The molecule has 9 nitrogen and oxygen atoms in total. The van der Waals surface area contributed by atoms with E-state index in [9.17, 15) is 0 Å². The van der Waals surface area contributed by atoms with Gasteiger partial charge in [-0.3, -0.25) is 0 Å². The van der Waals surface area contributed by atoms with Crippen molar-refractivity contribution in [2.45, 2.75) is 26.4 Å². The summed E-state index contributed by atoms with van der Waals surface area (Å²) < 4.78 is 9.35. The zero-order chi connectivity index (χ0) is 33.2. The van der Waals surface area contributed by atoms with Gasteiger partial charge in [-0.25, -0.2) is 19.3 Å². The minimum Gasteiger partial charge on any atom is -0.372 e. The standard InChI is InChI=1S/C19H17ClN4O.C18H15ClN4/c1-12-16(18(20)24(23-12)13-7-4-3-5-8-13)17(25-2)15-11-22-19-14(15)9-6-10-21-19;1-12-16(10-13-11-21-18-15(13)8-5-9-20-18)17(19)23(22-12)14-6-3-2-4-7-14/h3-11,17H,1-2H3,(H,21,22);2-9,11H,10H2,1H3,(H,20,21). The molecule has 2 N–H and O–H groups in total. The maximum atomic E-state index is 6.70. The van der Waals surface area contributed by atoms with Gasteiger partial charge in [0, 0.05) is 65.8 Å². The Morgan fingerprint density at radius 1 is 0.688 bits per heavy atom. The maximum Gasteiger partial charge on any atom is 0.139 e. The van der Waals surface area contributed by atoms with Crippen LogP contribution in [-0.4, -0.2) is 46.6 Å². The zero-order valence-electron chi connectivity index (χ0n) is 26.5. The fraction of sp³-hybridized carbons (Fsp3) is 0.135. The molecule has 0 amide bonds. The van der Waals surface area contributed by atoms with E-state index < -0.39 is 0 Å². The first-order chi connectivity index (χ1) is 23.4. The van der Waals surface area contributed by atoms with Crippen molar-refractivity contribution in [3.63, 3.8) is 0 Å². The molecule has 8 aromatic rings. The molecule has 6 heterocycles. The van der Waals surface area contributed by atoms with Gasteiger partial charge in [-0.2, -0.15) is 10.2 Å². The number of ether oxygens (including phenoxy) is 1. The lowest BCUT2D eigenvalue weighted by molar-refractivity contribution is 0.137. The van der Waals surface area contributed by atoms with E-state index in [1.165, 1.54) is 5.56 Å². The van der Waals surface area contributed by atoms with Crippen LogP contribution >= 0.6 is 23.2 Å². The number of hydrogen-bond acceptors (Lipinski definition) is 5. The molecule has 1 atom stereocenters. The number of aromatic nitrogens is 8. The van der Waals surface area contributed by atoms with Crippen LogP contribution in [0.4, 0.5) is 0 Å². The minimum atomic E-state index is -0.331. The Bertz CT molecular complexity index is 2320. The van der Waals surface area contributed by atoms with Gasteiger partial charge in [0.25, 0.3) is 0 Å². The fourth-order valence-corrected chi connectivity index (χ4v) is 6.68. The zero-order valence-corrected chi connectivity index (χ0v) is 28.0. The maximum absolute atomic E-state index is 6.70. The molecule has 6 aromatic heterocycles. The van der Waals surface area contributed by atoms with Crippen molar-refractivity contribution in [2.75, 3.05) is 7.11 Å². The number of fused-ring (bicyclic) bond motifs is 2. The molecule has 0 spiro atoms. The summed E-state index contributed by atoms with van der Waals surface area (Å²) in [6, 6.07) is 27.7. The number of H-pyrrole nitrogens is 2. The van der Waals surface area contributed by atoms with Gasteiger partial charge in [0.2, 0.25) is 0 Å². The molecule has 240 valence electrons. The number of para-hydroxylation sites is 2. The van der Waals surface area contributed by atoms with Crippen molar-refractivity contribution in [2.24, 2.45) is 0 Å². The largest absolute Gasteiger partial charge is 0.372 e. The number of halogens is 2. The number of hydrogen-bond donors (Lipinski definition) is 2. The summed E-state index contributed by atoms with van der Waals surface area (Å²) in [6.45, 7) is 3.94. The molecule has 11 heteroatoms. The number of nitrogens with one attached hydrogen (secondary N) is 2. The molecule has 0 aliphatic rings. The molecule has 0 aliphatic carbocycles.